The number of aliphatic hydroxyl groups excluding tert-OH is 1. The fraction of sp³-hybridized carbons (Fsp3) is 0.800. The van der Waals surface area contributed by atoms with E-state index in [4.69, 9.17) is 10.9 Å². The van der Waals surface area contributed by atoms with Gasteiger partial charge < -0.3 is 10.5 Å². The Bertz CT molecular complexity index is 95.6. The van der Waals surface area contributed by atoms with Crippen LogP contribution in [-0.2, 0) is 0 Å². The van der Waals surface area contributed by atoms with Crippen molar-refractivity contribution in [1.82, 2.24) is 10.7 Å². The minimum absolute atomic E-state index is 0.317. The topological polar surface area (TPSA) is 82.7 Å². The van der Waals surface area contributed by atoms with Gasteiger partial charge in [-0.25, -0.2) is 5.84 Å². The van der Waals surface area contributed by atoms with E-state index in [9.17, 15) is 0 Å². The number of likely N-dealkylation sites (N-methyl/N-ethyl adjacent to an activating group) is 1. The lowest BCUT2D eigenvalue weighted by atomic mass is 10.5. The van der Waals surface area contributed by atoms with Crippen molar-refractivity contribution in [1.29, 1.82) is 0 Å². The van der Waals surface area contributed by atoms with E-state index in [1.807, 2.05) is 6.92 Å². The molecule has 5 nitrogen and oxygen atoms in total. The number of nitrogens with one attached hydrogen (secondary N) is 2. The Morgan fingerprint density at radius 2 is 2.50 bits per heavy atom. The first-order valence-electron chi connectivity index (χ1n) is 3.17. The maximum Gasteiger partial charge on any atom is 0.124 e. The highest BCUT2D eigenvalue weighted by molar-refractivity contribution is 5.52. The second-order valence-corrected chi connectivity index (χ2v) is 1.73. The number of aliphatic hydroxyl groups is 1. The molecule has 5 N–H and O–H groups in total. The molecule has 0 radical (unpaired) electrons. The first-order valence-corrected chi connectivity index (χ1v) is 3.17. The zero-order valence-electron chi connectivity index (χ0n) is 6.04. The minimum atomic E-state index is -0.574. The summed E-state index contributed by atoms with van der Waals surface area (Å²) < 4.78 is 0. The summed E-state index contributed by atoms with van der Waals surface area (Å²) in [4.78, 5) is 3.73. The van der Waals surface area contributed by atoms with Crippen molar-refractivity contribution >= 4 is 6.34 Å². The van der Waals surface area contributed by atoms with Gasteiger partial charge in [0.15, 0.2) is 0 Å². The summed E-state index contributed by atoms with van der Waals surface area (Å²) >= 11 is 0. The third-order valence-corrected chi connectivity index (χ3v) is 0.884. The molecule has 10 heavy (non-hydrogen) atoms. The molecule has 1 unspecified atom stereocenters. The van der Waals surface area contributed by atoms with Gasteiger partial charge in [0.25, 0.3) is 0 Å². The summed E-state index contributed by atoms with van der Waals surface area (Å²) in [5.74, 6) is 4.89. The molecule has 0 fully saturated rings. The van der Waals surface area contributed by atoms with E-state index in [0.29, 0.717) is 6.54 Å². The van der Waals surface area contributed by atoms with Gasteiger partial charge in [-0.3, -0.25) is 10.3 Å². The number of hydrazine groups is 1. The van der Waals surface area contributed by atoms with Crippen molar-refractivity contribution < 1.29 is 5.11 Å². The van der Waals surface area contributed by atoms with E-state index in [1.54, 1.807) is 0 Å². The molecule has 60 valence electrons. The number of hydrogen-bond acceptors (Lipinski definition) is 4. The van der Waals surface area contributed by atoms with Crippen LogP contribution in [0.1, 0.15) is 6.92 Å². The number of nitrogens with zero attached hydrogens (tertiary/aromatic N) is 1. The smallest absolute Gasteiger partial charge is 0.124 e. The monoisotopic (exact) mass is 146 g/mol. The summed E-state index contributed by atoms with van der Waals surface area (Å²) in [5.41, 5.74) is 2.23. The Labute approximate surface area is 60.3 Å². The van der Waals surface area contributed by atoms with Crippen LogP contribution in [0.2, 0.25) is 0 Å². The van der Waals surface area contributed by atoms with Crippen LogP contribution in [0.3, 0.4) is 0 Å². The second-order valence-electron chi connectivity index (χ2n) is 1.73. The van der Waals surface area contributed by atoms with E-state index in [2.05, 4.69) is 15.7 Å². The van der Waals surface area contributed by atoms with Gasteiger partial charge in [0, 0.05) is 0 Å². The van der Waals surface area contributed by atoms with Gasteiger partial charge in [-0.2, -0.15) is 0 Å². The van der Waals surface area contributed by atoms with Gasteiger partial charge >= 0.3 is 0 Å². The fourth-order valence-corrected chi connectivity index (χ4v) is 0.505. The molecule has 0 amide bonds. The molecule has 0 aromatic heterocycles. The highest BCUT2D eigenvalue weighted by Crippen LogP contribution is 1.75. The number of nitrogens with two attached hydrogens (primary N) is 1. The van der Waals surface area contributed by atoms with Gasteiger partial charge in [0.2, 0.25) is 0 Å². The minimum Gasteiger partial charge on any atom is -0.377 e. The molecule has 0 aromatic carbocycles. The Morgan fingerprint density at radius 1 is 1.80 bits per heavy atom. The molecule has 0 spiro atoms. The van der Waals surface area contributed by atoms with E-state index in [-0.39, 0.29) is 0 Å². The van der Waals surface area contributed by atoms with Crippen molar-refractivity contribution in [2.45, 2.75) is 13.2 Å². The van der Waals surface area contributed by atoms with Gasteiger partial charge in [0.05, 0.1) is 12.9 Å². The number of rotatable bonds is 5. The lowest BCUT2D eigenvalue weighted by Crippen LogP contribution is -2.31. The van der Waals surface area contributed by atoms with Crippen LogP contribution in [0.25, 0.3) is 0 Å². The van der Waals surface area contributed by atoms with Crippen molar-refractivity contribution in [2.24, 2.45) is 10.8 Å². The summed E-state index contributed by atoms with van der Waals surface area (Å²) in [7, 11) is 0. The van der Waals surface area contributed by atoms with Crippen LogP contribution in [0.15, 0.2) is 4.99 Å². The second kappa shape index (κ2) is 6.47. The lowest BCUT2D eigenvalue weighted by Gasteiger charge is -2.06. The van der Waals surface area contributed by atoms with Crippen molar-refractivity contribution in [3.05, 3.63) is 0 Å². The first-order chi connectivity index (χ1) is 4.81. The summed E-state index contributed by atoms with van der Waals surface area (Å²) in [6.07, 6.45) is 0.759. The Morgan fingerprint density at radius 3 is 3.00 bits per heavy atom. The van der Waals surface area contributed by atoms with E-state index >= 15 is 0 Å². The highest BCUT2D eigenvalue weighted by Gasteiger charge is 1.95. The number of hydrogen-bond donors (Lipinski definition) is 4. The van der Waals surface area contributed by atoms with Crippen LogP contribution in [0.4, 0.5) is 0 Å². The van der Waals surface area contributed by atoms with Gasteiger partial charge in [-0.05, 0) is 6.54 Å². The molecule has 0 aliphatic heterocycles. The quantitative estimate of drug-likeness (QED) is 0.124. The zero-order chi connectivity index (χ0) is 7.82. The van der Waals surface area contributed by atoms with E-state index in [1.165, 1.54) is 6.34 Å². The van der Waals surface area contributed by atoms with E-state index < -0.39 is 6.23 Å². The Hall–Kier alpha value is -0.650. The molecule has 0 saturated carbocycles. The summed E-state index contributed by atoms with van der Waals surface area (Å²) in [6, 6.07) is 0. The summed E-state index contributed by atoms with van der Waals surface area (Å²) in [6.45, 7) is 2.96. The molecular weight excluding hydrogens is 132 g/mol. The largest absolute Gasteiger partial charge is 0.377 e. The normalized spacial score (nSPS) is 13.9. The maximum atomic E-state index is 8.98. The third-order valence-electron chi connectivity index (χ3n) is 0.884. The first kappa shape index (κ1) is 9.35. The van der Waals surface area contributed by atoms with Crippen LogP contribution in [0.5, 0.6) is 0 Å². The molecule has 1 atom stereocenters. The van der Waals surface area contributed by atoms with Crippen molar-refractivity contribution in [3.63, 3.8) is 0 Å². The summed E-state index contributed by atoms with van der Waals surface area (Å²) in [5, 5.41) is 11.8. The van der Waals surface area contributed by atoms with E-state index in [0.717, 1.165) is 6.54 Å². The molecular formula is C5H14N4O. The molecule has 0 rings (SSSR count). The molecule has 0 aliphatic rings. The number of aliphatic imine (C=N–C) groups is 1. The highest BCUT2D eigenvalue weighted by atomic mass is 16.3. The van der Waals surface area contributed by atoms with Crippen LogP contribution in [0, 0.1) is 0 Å². The molecule has 5 heteroatoms. The fourth-order valence-electron chi connectivity index (χ4n) is 0.505. The SMILES string of the molecule is CCNC(O)CN=CNN. The Balaban J connectivity index is 3.20. The van der Waals surface area contributed by atoms with Crippen molar-refractivity contribution in [2.75, 3.05) is 13.1 Å². The van der Waals surface area contributed by atoms with Gasteiger partial charge in [-0.15, -0.1) is 0 Å². The third kappa shape index (κ3) is 5.49. The van der Waals surface area contributed by atoms with Crippen molar-refractivity contribution in [3.8, 4) is 0 Å². The maximum absolute atomic E-state index is 8.98. The zero-order valence-corrected chi connectivity index (χ0v) is 6.04. The van der Waals surface area contributed by atoms with Gasteiger partial charge in [-0.1, -0.05) is 6.92 Å². The molecule has 0 saturated heterocycles. The predicted molar refractivity (Wildman–Crippen MR) is 40.4 cm³/mol. The lowest BCUT2D eigenvalue weighted by molar-refractivity contribution is 0.148. The standard InChI is InChI=1S/C5H14N4O/c1-2-8-5(10)3-7-4-9-6/h4-5,8,10H,2-3,6H2,1H3,(H,7,9). The predicted octanol–water partition coefficient (Wildman–Crippen LogP) is -1.59. The average molecular weight is 146 g/mol. The molecule has 0 heterocycles. The Kier molecular flexibility index (Phi) is 6.05. The average Bonchev–Trinajstić information content (AvgIpc) is 1.89. The van der Waals surface area contributed by atoms with Gasteiger partial charge in [0.1, 0.15) is 6.23 Å². The molecule has 0 aromatic rings. The molecule has 0 aliphatic carbocycles. The molecule has 0 bridgehead atoms. The van der Waals surface area contributed by atoms with Crippen LogP contribution < -0.4 is 16.6 Å². The van der Waals surface area contributed by atoms with Crippen LogP contribution >= 0.6 is 0 Å². The van der Waals surface area contributed by atoms with Crippen LogP contribution in [-0.4, -0.2) is 30.8 Å².